The van der Waals surface area contributed by atoms with Gasteiger partial charge in [0.15, 0.2) is 0 Å². The van der Waals surface area contributed by atoms with E-state index in [0.717, 1.165) is 12.8 Å². The average molecular weight is 224 g/mol. The van der Waals surface area contributed by atoms with E-state index in [1.807, 2.05) is 0 Å². The minimum Gasteiger partial charge on any atom is -0.373 e. The standard InChI is InChI=1S/C10H16N4O2/c1-3-4-7-12-10-8(14(15)16)5-6-9(11-2)13-10/h5-6H,3-4,7H2,1-2H3,(H2,11,12,13). The number of rotatable bonds is 6. The second-order valence-corrected chi connectivity index (χ2v) is 3.35. The summed E-state index contributed by atoms with van der Waals surface area (Å²) in [5.41, 5.74) is 0.00935. The Morgan fingerprint density at radius 1 is 1.50 bits per heavy atom. The molecule has 0 aliphatic rings. The highest BCUT2D eigenvalue weighted by molar-refractivity contribution is 5.60. The van der Waals surface area contributed by atoms with Crippen LogP contribution in [-0.2, 0) is 0 Å². The number of aromatic nitrogens is 1. The number of unbranched alkanes of at least 4 members (excludes halogenated alkanes) is 1. The monoisotopic (exact) mass is 224 g/mol. The molecule has 1 aromatic rings. The van der Waals surface area contributed by atoms with Crippen LogP contribution in [0.4, 0.5) is 17.3 Å². The Kier molecular flexibility index (Phi) is 4.50. The molecule has 88 valence electrons. The molecular weight excluding hydrogens is 208 g/mol. The van der Waals surface area contributed by atoms with Crippen molar-refractivity contribution in [2.75, 3.05) is 24.2 Å². The second kappa shape index (κ2) is 5.89. The van der Waals surface area contributed by atoms with Crippen LogP contribution in [0.15, 0.2) is 12.1 Å². The van der Waals surface area contributed by atoms with Crippen LogP contribution in [0.25, 0.3) is 0 Å². The first kappa shape index (κ1) is 12.2. The summed E-state index contributed by atoms with van der Waals surface area (Å²) in [7, 11) is 1.73. The molecule has 0 fully saturated rings. The molecule has 0 aliphatic carbocycles. The average Bonchev–Trinajstić information content (AvgIpc) is 2.29. The van der Waals surface area contributed by atoms with Crippen LogP contribution in [0.2, 0.25) is 0 Å². The molecule has 0 atom stereocenters. The van der Waals surface area contributed by atoms with Gasteiger partial charge in [-0.25, -0.2) is 4.98 Å². The summed E-state index contributed by atoms with van der Waals surface area (Å²) in [6, 6.07) is 3.04. The van der Waals surface area contributed by atoms with Crippen molar-refractivity contribution in [3.8, 4) is 0 Å². The van der Waals surface area contributed by atoms with E-state index in [2.05, 4.69) is 22.5 Å². The van der Waals surface area contributed by atoms with E-state index in [4.69, 9.17) is 0 Å². The summed E-state index contributed by atoms with van der Waals surface area (Å²) < 4.78 is 0. The SMILES string of the molecule is CCCCNc1nc(NC)ccc1[N+](=O)[O-]. The Labute approximate surface area is 94.2 Å². The molecule has 2 N–H and O–H groups in total. The van der Waals surface area contributed by atoms with Crippen molar-refractivity contribution in [2.45, 2.75) is 19.8 Å². The van der Waals surface area contributed by atoms with E-state index in [-0.39, 0.29) is 5.69 Å². The number of anilines is 2. The van der Waals surface area contributed by atoms with Gasteiger partial charge < -0.3 is 10.6 Å². The molecule has 6 heteroatoms. The fourth-order valence-electron chi connectivity index (χ4n) is 1.25. The minimum atomic E-state index is -0.430. The molecule has 6 nitrogen and oxygen atoms in total. The molecule has 0 amide bonds. The van der Waals surface area contributed by atoms with Crippen molar-refractivity contribution in [1.82, 2.24) is 4.98 Å². The maximum absolute atomic E-state index is 10.8. The molecule has 0 saturated heterocycles. The minimum absolute atomic E-state index is 0.00935. The molecule has 1 heterocycles. The first-order chi connectivity index (χ1) is 7.69. The van der Waals surface area contributed by atoms with E-state index in [0.29, 0.717) is 18.2 Å². The van der Waals surface area contributed by atoms with Crippen LogP contribution >= 0.6 is 0 Å². The van der Waals surface area contributed by atoms with Crippen LogP contribution in [-0.4, -0.2) is 23.5 Å². The number of hydrogen-bond acceptors (Lipinski definition) is 5. The van der Waals surface area contributed by atoms with E-state index < -0.39 is 4.92 Å². The maximum Gasteiger partial charge on any atom is 0.311 e. The Hall–Kier alpha value is -1.85. The molecule has 0 aromatic carbocycles. The summed E-state index contributed by atoms with van der Waals surface area (Å²) in [6.07, 6.45) is 2.00. The first-order valence-electron chi connectivity index (χ1n) is 5.26. The largest absolute Gasteiger partial charge is 0.373 e. The molecule has 0 radical (unpaired) electrons. The lowest BCUT2D eigenvalue weighted by atomic mass is 10.3. The van der Waals surface area contributed by atoms with Gasteiger partial charge in [-0.1, -0.05) is 13.3 Å². The normalized spacial score (nSPS) is 9.88. The van der Waals surface area contributed by atoms with Gasteiger partial charge >= 0.3 is 5.69 Å². The van der Waals surface area contributed by atoms with E-state index in [1.54, 1.807) is 13.1 Å². The molecule has 16 heavy (non-hydrogen) atoms. The molecule has 1 aromatic heterocycles. The van der Waals surface area contributed by atoms with E-state index >= 15 is 0 Å². The van der Waals surface area contributed by atoms with Gasteiger partial charge in [0.05, 0.1) is 4.92 Å². The van der Waals surface area contributed by atoms with Gasteiger partial charge in [0.1, 0.15) is 5.82 Å². The summed E-state index contributed by atoms with van der Waals surface area (Å²) in [6.45, 7) is 2.76. The van der Waals surface area contributed by atoms with Crippen molar-refractivity contribution in [1.29, 1.82) is 0 Å². The van der Waals surface area contributed by atoms with Crippen LogP contribution in [0.1, 0.15) is 19.8 Å². The Bertz CT molecular complexity index is 368. The zero-order chi connectivity index (χ0) is 12.0. The number of nitrogens with zero attached hydrogens (tertiary/aromatic N) is 2. The second-order valence-electron chi connectivity index (χ2n) is 3.35. The van der Waals surface area contributed by atoms with Crippen LogP contribution < -0.4 is 10.6 Å². The van der Waals surface area contributed by atoms with Crippen molar-refractivity contribution < 1.29 is 4.92 Å². The van der Waals surface area contributed by atoms with Gasteiger partial charge in [0.25, 0.3) is 0 Å². The quantitative estimate of drug-likeness (QED) is 0.440. The highest BCUT2D eigenvalue weighted by Gasteiger charge is 2.14. The lowest BCUT2D eigenvalue weighted by Gasteiger charge is -2.07. The topological polar surface area (TPSA) is 80.1 Å². The van der Waals surface area contributed by atoms with Crippen molar-refractivity contribution in [3.05, 3.63) is 22.2 Å². The third-order valence-electron chi connectivity index (χ3n) is 2.15. The van der Waals surface area contributed by atoms with Gasteiger partial charge in [-0.15, -0.1) is 0 Å². The summed E-state index contributed by atoms with van der Waals surface area (Å²) in [5.74, 6) is 0.940. The molecule has 0 spiro atoms. The fraction of sp³-hybridized carbons (Fsp3) is 0.500. The number of nitrogens with one attached hydrogen (secondary N) is 2. The fourth-order valence-corrected chi connectivity index (χ4v) is 1.25. The van der Waals surface area contributed by atoms with Gasteiger partial charge in [0.2, 0.25) is 5.82 Å². The predicted molar refractivity (Wildman–Crippen MR) is 63.8 cm³/mol. The van der Waals surface area contributed by atoms with Crippen LogP contribution in [0, 0.1) is 10.1 Å². The van der Waals surface area contributed by atoms with Crippen LogP contribution in [0.5, 0.6) is 0 Å². The predicted octanol–water partition coefficient (Wildman–Crippen LogP) is 2.24. The number of nitro groups is 1. The summed E-state index contributed by atoms with van der Waals surface area (Å²) in [4.78, 5) is 14.4. The number of hydrogen-bond donors (Lipinski definition) is 2. The van der Waals surface area contributed by atoms with Gasteiger partial charge in [-0.3, -0.25) is 10.1 Å². The van der Waals surface area contributed by atoms with Gasteiger partial charge in [-0.05, 0) is 12.5 Å². The lowest BCUT2D eigenvalue weighted by Crippen LogP contribution is -2.07. The highest BCUT2D eigenvalue weighted by Crippen LogP contribution is 2.23. The van der Waals surface area contributed by atoms with Crippen molar-refractivity contribution in [3.63, 3.8) is 0 Å². The number of pyridine rings is 1. The Morgan fingerprint density at radius 2 is 2.25 bits per heavy atom. The molecule has 1 rings (SSSR count). The van der Waals surface area contributed by atoms with Crippen molar-refractivity contribution in [2.24, 2.45) is 0 Å². The zero-order valence-electron chi connectivity index (χ0n) is 9.49. The molecular formula is C10H16N4O2. The molecule has 0 unspecified atom stereocenters. The first-order valence-corrected chi connectivity index (χ1v) is 5.26. The third-order valence-corrected chi connectivity index (χ3v) is 2.15. The smallest absolute Gasteiger partial charge is 0.311 e. The molecule has 0 bridgehead atoms. The lowest BCUT2D eigenvalue weighted by molar-refractivity contribution is -0.384. The van der Waals surface area contributed by atoms with E-state index in [1.165, 1.54) is 6.07 Å². The molecule has 0 aliphatic heterocycles. The zero-order valence-corrected chi connectivity index (χ0v) is 9.49. The summed E-state index contributed by atoms with van der Waals surface area (Å²) in [5, 5.41) is 16.6. The van der Waals surface area contributed by atoms with Gasteiger partial charge in [0, 0.05) is 19.7 Å². The molecule has 0 saturated carbocycles. The Morgan fingerprint density at radius 3 is 2.81 bits per heavy atom. The highest BCUT2D eigenvalue weighted by atomic mass is 16.6. The van der Waals surface area contributed by atoms with Gasteiger partial charge in [-0.2, -0.15) is 0 Å². The van der Waals surface area contributed by atoms with Crippen LogP contribution in [0.3, 0.4) is 0 Å². The maximum atomic E-state index is 10.8. The van der Waals surface area contributed by atoms with Crippen molar-refractivity contribution >= 4 is 17.3 Å². The van der Waals surface area contributed by atoms with E-state index in [9.17, 15) is 10.1 Å². The summed E-state index contributed by atoms with van der Waals surface area (Å²) >= 11 is 0. The third kappa shape index (κ3) is 3.08. The Balaban J connectivity index is 2.87.